The Morgan fingerprint density at radius 1 is 0.896 bits per heavy atom. The van der Waals surface area contributed by atoms with Gasteiger partial charge in [-0.05, 0) is 56.5 Å². The van der Waals surface area contributed by atoms with E-state index in [4.69, 9.17) is 18.9 Å². The number of rotatable bonds is 10. The molecule has 0 unspecified atom stereocenters. The molecule has 11 nitrogen and oxygen atoms in total. The number of amides is 1. The van der Waals surface area contributed by atoms with Crippen LogP contribution in [0, 0.1) is 0 Å². The molecule has 1 amide bonds. The summed E-state index contributed by atoms with van der Waals surface area (Å²) in [6.07, 6.45) is -10.7. The van der Waals surface area contributed by atoms with Crippen molar-refractivity contribution in [3.8, 4) is 11.8 Å². The van der Waals surface area contributed by atoms with Crippen LogP contribution in [0.2, 0.25) is 0 Å². The lowest BCUT2D eigenvalue weighted by Crippen LogP contribution is -2.46. The van der Waals surface area contributed by atoms with Gasteiger partial charge in [-0.2, -0.15) is 31.3 Å². The normalized spacial score (nSPS) is 16.2. The van der Waals surface area contributed by atoms with Gasteiger partial charge in [-0.3, -0.25) is 4.90 Å². The summed E-state index contributed by atoms with van der Waals surface area (Å²) in [6.45, 7) is 5.07. The van der Waals surface area contributed by atoms with Crippen molar-refractivity contribution in [3.05, 3.63) is 64.0 Å². The number of carbonyl (C=O) groups is 2. The van der Waals surface area contributed by atoms with Gasteiger partial charge in [0, 0.05) is 18.5 Å². The van der Waals surface area contributed by atoms with E-state index in [2.05, 4.69) is 20.3 Å². The molecule has 0 saturated carbocycles. The molecule has 0 fully saturated rings. The third-order valence-electron chi connectivity index (χ3n) is 7.43. The summed E-state index contributed by atoms with van der Waals surface area (Å²) in [4.78, 5) is 40.7. The Hall–Kier alpha value is -4.83. The van der Waals surface area contributed by atoms with Crippen LogP contribution in [0.15, 0.2) is 30.3 Å². The molecule has 48 heavy (non-hydrogen) atoms. The van der Waals surface area contributed by atoms with Crippen LogP contribution >= 0.6 is 0 Å². The first-order valence-electron chi connectivity index (χ1n) is 14.8. The molecule has 0 spiro atoms. The standard InChI is InChI=1S/C31H33F6N5O6/c1-6-19-15-21(25-22(9-10-23(40-25)45-4)42(19)29(44)48-8-3)39-28-38-20(24(26(41-28)46-5)27(43)47-7-2)13-16-11-17(30(32,33)34)14-18(12-16)31(35,36)37/h9-12,14,19,21H,6-8,13,15H2,1-5H3,(H,38,39,41)/t19-,21+/m1/s1. The van der Waals surface area contributed by atoms with E-state index in [0.29, 0.717) is 29.9 Å². The first kappa shape index (κ1) is 36.0. The Kier molecular flexibility index (Phi) is 10.9. The number of carbonyl (C=O) groups excluding carboxylic acids is 2. The fourth-order valence-electron chi connectivity index (χ4n) is 5.33. The van der Waals surface area contributed by atoms with Crippen molar-refractivity contribution in [2.45, 2.75) is 64.5 Å². The molecule has 0 radical (unpaired) electrons. The van der Waals surface area contributed by atoms with Gasteiger partial charge in [0.2, 0.25) is 17.7 Å². The SMILES string of the molecule is CCOC(=O)c1c(Cc2cc(C(F)(F)F)cc(C(F)(F)F)c2)nc(N[C@H]2C[C@@H](CC)N(C(=O)OCC)c3ccc(OC)nc32)nc1OC. The third kappa shape index (κ3) is 7.82. The van der Waals surface area contributed by atoms with E-state index in [1.165, 1.54) is 26.0 Å². The molecule has 1 aliphatic heterocycles. The Bertz CT molecular complexity index is 1620. The number of hydrogen-bond donors (Lipinski definition) is 1. The number of alkyl halides is 6. The molecule has 4 rings (SSSR count). The zero-order chi connectivity index (χ0) is 35.4. The maximum Gasteiger partial charge on any atom is 0.416 e. The van der Waals surface area contributed by atoms with Crippen molar-refractivity contribution in [3.63, 3.8) is 0 Å². The van der Waals surface area contributed by atoms with Crippen LogP contribution in [0.5, 0.6) is 11.8 Å². The molecule has 1 aliphatic rings. The van der Waals surface area contributed by atoms with Crippen LogP contribution in [0.3, 0.4) is 0 Å². The Balaban J connectivity index is 1.86. The maximum atomic E-state index is 13.6. The van der Waals surface area contributed by atoms with E-state index >= 15 is 0 Å². The summed E-state index contributed by atoms with van der Waals surface area (Å²) >= 11 is 0. The van der Waals surface area contributed by atoms with Gasteiger partial charge >= 0.3 is 24.4 Å². The molecule has 2 atom stereocenters. The van der Waals surface area contributed by atoms with E-state index in [1.807, 2.05) is 6.92 Å². The second-order valence-electron chi connectivity index (χ2n) is 10.5. The summed E-state index contributed by atoms with van der Waals surface area (Å²) in [6, 6.07) is 3.23. The van der Waals surface area contributed by atoms with E-state index in [1.54, 1.807) is 19.1 Å². The monoisotopic (exact) mass is 685 g/mol. The number of aromatic nitrogens is 3. The van der Waals surface area contributed by atoms with Crippen LogP contribution in [0.4, 0.5) is 42.8 Å². The van der Waals surface area contributed by atoms with Crippen molar-refractivity contribution >= 4 is 23.7 Å². The molecule has 17 heteroatoms. The number of ether oxygens (including phenoxy) is 4. The van der Waals surface area contributed by atoms with Gasteiger partial charge in [0.1, 0.15) is 5.56 Å². The van der Waals surface area contributed by atoms with E-state index in [-0.39, 0.29) is 54.7 Å². The van der Waals surface area contributed by atoms with Crippen molar-refractivity contribution < 1.29 is 54.9 Å². The fraction of sp³-hybridized carbons (Fsp3) is 0.452. The maximum absolute atomic E-state index is 13.6. The highest BCUT2D eigenvalue weighted by molar-refractivity contribution is 5.93. The van der Waals surface area contributed by atoms with Crippen LogP contribution in [0.25, 0.3) is 0 Å². The number of anilines is 2. The second kappa shape index (κ2) is 14.5. The highest BCUT2D eigenvalue weighted by Crippen LogP contribution is 2.41. The van der Waals surface area contributed by atoms with Gasteiger partial charge in [-0.25, -0.2) is 19.6 Å². The number of nitrogens with zero attached hydrogens (tertiary/aromatic N) is 4. The zero-order valence-corrected chi connectivity index (χ0v) is 26.6. The van der Waals surface area contributed by atoms with Crippen LogP contribution in [0.1, 0.15) is 78.1 Å². The summed E-state index contributed by atoms with van der Waals surface area (Å²) in [5, 5.41) is 3.10. The minimum atomic E-state index is -5.09. The molecule has 3 aromatic rings. The minimum Gasteiger partial charge on any atom is -0.481 e. The predicted octanol–water partition coefficient (Wildman–Crippen LogP) is 6.99. The number of fused-ring (bicyclic) bond motifs is 1. The van der Waals surface area contributed by atoms with E-state index in [9.17, 15) is 35.9 Å². The number of halogens is 6. The number of pyridine rings is 1. The van der Waals surface area contributed by atoms with E-state index < -0.39 is 59.6 Å². The topological polar surface area (TPSA) is 125 Å². The molecule has 0 saturated heterocycles. The van der Waals surface area contributed by atoms with Gasteiger partial charge < -0.3 is 24.3 Å². The van der Waals surface area contributed by atoms with Gasteiger partial charge in [-0.1, -0.05) is 6.92 Å². The average molecular weight is 686 g/mol. The number of methoxy groups -OCH3 is 2. The lowest BCUT2D eigenvalue weighted by Gasteiger charge is -2.39. The van der Waals surface area contributed by atoms with Crippen molar-refractivity contribution in [2.75, 3.05) is 37.7 Å². The Labute approximate surface area is 271 Å². The molecular weight excluding hydrogens is 652 g/mol. The van der Waals surface area contributed by atoms with Crippen LogP contribution < -0.4 is 19.7 Å². The smallest absolute Gasteiger partial charge is 0.416 e. The fourth-order valence-corrected chi connectivity index (χ4v) is 5.33. The lowest BCUT2D eigenvalue weighted by molar-refractivity contribution is -0.143. The van der Waals surface area contributed by atoms with Gasteiger partial charge in [0.05, 0.1) is 61.7 Å². The predicted molar refractivity (Wildman–Crippen MR) is 159 cm³/mol. The lowest BCUT2D eigenvalue weighted by atomic mass is 9.93. The second-order valence-corrected chi connectivity index (χ2v) is 10.5. The van der Waals surface area contributed by atoms with E-state index in [0.717, 1.165) is 0 Å². The van der Waals surface area contributed by atoms with Gasteiger partial charge in [0.25, 0.3) is 0 Å². The molecular formula is C31H33F6N5O6. The van der Waals surface area contributed by atoms with Gasteiger partial charge in [-0.15, -0.1) is 0 Å². The molecule has 260 valence electrons. The molecule has 2 aromatic heterocycles. The summed E-state index contributed by atoms with van der Waals surface area (Å²) in [5.41, 5.74) is -3.37. The zero-order valence-electron chi connectivity index (χ0n) is 26.6. The first-order valence-corrected chi connectivity index (χ1v) is 14.8. The molecule has 3 heterocycles. The van der Waals surface area contributed by atoms with Crippen molar-refractivity contribution in [2.24, 2.45) is 0 Å². The van der Waals surface area contributed by atoms with Crippen LogP contribution in [-0.4, -0.2) is 60.5 Å². The largest absolute Gasteiger partial charge is 0.481 e. The first-order chi connectivity index (χ1) is 22.6. The number of hydrogen-bond acceptors (Lipinski definition) is 10. The molecule has 1 aromatic carbocycles. The van der Waals surface area contributed by atoms with Crippen LogP contribution in [-0.2, 0) is 28.2 Å². The highest BCUT2D eigenvalue weighted by Gasteiger charge is 2.39. The number of nitrogens with one attached hydrogen (secondary N) is 1. The minimum absolute atomic E-state index is 0.00876. The van der Waals surface area contributed by atoms with Crippen molar-refractivity contribution in [1.29, 1.82) is 0 Å². The quantitative estimate of drug-likeness (QED) is 0.176. The Morgan fingerprint density at radius 3 is 2.08 bits per heavy atom. The number of esters is 1. The summed E-state index contributed by atoms with van der Waals surface area (Å²) in [5.74, 6) is -1.29. The summed E-state index contributed by atoms with van der Waals surface area (Å²) in [7, 11) is 2.58. The average Bonchev–Trinajstić information content (AvgIpc) is 3.03. The molecule has 1 N–H and O–H groups in total. The Morgan fingerprint density at radius 2 is 1.54 bits per heavy atom. The molecule has 0 aliphatic carbocycles. The third-order valence-corrected chi connectivity index (χ3v) is 7.43. The van der Waals surface area contributed by atoms with Gasteiger partial charge in [0.15, 0.2) is 0 Å². The highest BCUT2D eigenvalue weighted by atomic mass is 19.4. The molecule has 0 bridgehead atoms. The summed E-state index contributed by atoms with van der Waals surface area (Å²) < 4.78 is 103. The van der Waals surface area contributed by atoms with Crippen molar-refractivity contribution in [1.82, 2.24) is 15.0 Å². The number of benzene rings is 1.